The molecule has 0 aliphatic carbocycles. The zero-order valence-electron chi connectivity index (χ0n) is 10.6. The molecule has 0 bridgehead atoms. The van der Waals surface area contributed by atoms with Gasteiger partial charge in [-0.3, -0.25) is 4.90 Å². The fourth-order valence-electron chi connectivity index (χ4n) is 2.85. The first-order valence-electron chi connectivity index (χ1n) is 6.31. The van der Waals surface area contributed by atoms with Crippen molar-refractivity contribution in [3.8, 4) is 0 Å². The van der Waals surface area contributed by atoms with Crippen LogP contribution in [0.4, 0.5) is 5.69 Å². The maximum absolute atomic E-state index is 6.21. The average molecular weight is 253 g/mol. The van der Waals surface area contributed by atoms with E-state index >= 15 is 0 Å². The van der Waals surface area contributed by atoms with Crippen molar-refractivity contribution in [2.45, 2.75) is 26.8 Å². The molecule has 1 aliphatic heterocycles. The molecule has 2 atom stereocenters. The molecule has 1 aliphatic rings. The van der Waals surface area contributed by atoms with Gasteiger partial charge >= 0.3 is 0 Å². The zero-order valence-corrected chi connectivity index (χ0v) is 11.4. The average Bonchev–Trinajstić information content (AvgIpc) is 2.21. The van der Waals surface area contributed by atoms with E-state index in [-0.39, 0.29) is 0 Å². The van der Waals surface area contributed by atoms with Crippen molar-refractivity contribution in [1.29, 1.82) is 0 Å². The van der Waals surface area contributed by atoms with E-state index in [4.69, 9.17) is 17.3 Å². The van der Waals surface area contributed by atoms with Crippen LogP contribution in [0.25, 0.3) is 0 Å². The fraction of sp³-hybridized carbons (Fsp3) is 0.571. The number of nitrogens with two attached hydrogens (primary N) is 1. The van der Waals surface area contributed by atoms with Crippen LogP contribution < -0.4 is 5.73 Å². The molecule has 1 aromatic carbocycles. The molecular weight excluding hydrogens is 232 g/mol. The summed E-state index contributed by atoms with van der Waals surface area (Å²) in [5.74, 6) is 1.57. The summed E-state index contributed by atoms with van der Waals surface area (Å²) in [4.78, 5) is 2.50. The van der Waals surface area contributed by atoms with Crippen LogP contribution >= 0.6 is 11.6 Å². The summed E-state index contributed by atoms with van der Waals surface area (Å²) in [6, 6.07) is 5.81. The van der Waals surface area contributed by atoms with Crippen LogP contribution in [0, 0.1) is 11.8 Å². The first-order valence-corrected chi connectivity index (χ1v) is 6.68. The highest BCUT2D eigenvalue weighted by Gasteiger charge is 2.22. The molecule has 0 aromatic heterocycles. The first-order chi connectivity index (χ1) is 8.04. The summed E-state index contributed by atoms with van der Waals surface area (Å²) in [6.45, 7) is 7.93. The third-order valence-corrected chi connectivity index (χ3v) is 3.77. The van der Waals surface area contributed by atoms with E-state index in [1.807, 2.05) is 18.2 Å². The molecule has 2 rings (SSSR count). The summed E-state index contributed by atoms with van der Waals surface area (Å²) >= 11 is 6.21. The molecule has 0 amide bonds. The van der Waals surface area contributed by atoms with E-state index < -0.39 is 0 Å². The van der Waals surface area contributed by atoms with Gasteiger partial charge in [0.1, 0.15) is 0 Å². The molecule has 0 unspecified atom stereocenters. The van der Waals surface area contributed by atoms with Crippen LogP contribution in [0.2, 0.25) is 5.02 Å². The van der Waals surface area contributed by atoms with Crippen molar-refractivity contribution in [2.24, 2.45) is 11.8 Å². The number of benzene rings is 1. The monoisotopic (exact) mass is 252 g/mol. The Labute approximate surface area is 109 Å². The van der Waals surface area contributed by atoms with Crippen LogP contribution in [-0.4, -0.2) is 18.0 Å². The quantitative estimate of drug-likeness (QED) is 0.818. The van der Waals surface area contributed by atoms with Gasteiger partial charge in [-0.05, 0) is 36.0 Å². The van der Waals surface area contributed by atoms with Gasteiger partial charge in [-0.25, -0.2) is 0 Å². The highest BCUT2D eigenvalue weighted by molar-refractivity contribution is 6.31. The highest BCUT2D eigenvalue weighted by atomic mass is 35.5. The molecule has 2 nitrogen and oxygen atoms in total. The molecule has 0 spiro atoms. The van der Waals surface area contributed by atoms with Crippen LogP contribution in [0.15, 0.2) is 18.2 Å². The van der Waals surface area contributed by atoms with Gasteiger partial charge in [-0.2, -0.15) is 0 Å². The molecule has 0 saturated carbocycles. The standard InChI is InChI=1S/C14H21ClN2/c1-10-5-11(2)8-17(7-10)9-12-3-4-13(16)6-14(12)15/h3-4,6,10-11H,5,7-9,16H2,1-2H3/t10-,11+. The number of piperidine rings is 1. The van der Waals surface area contributed by atoms with Crippen molar-refractivity contribution >= 4 is 17.3 Å². The number of anilines is 1. The molecule has 1 heterocycles. The summed E-state index contributed by atoms with van der Waals surface area (Å²) in [5.41, 5.74) is 7.62. The second-order valence-electron chi connectivity index (χ2n) is 5.49. The minimum absolute atomic E-state index is 0.735. The number of likely N-dealkylation sites (tertiary alicyclic amines) is 1. The van der Waals surface area contributed by atoms with Crippen molar-refractivity contribution in [3.05, 3.63) is 28.8 Å². The lowest BCUT2D eigenvalue weighted by Gasteiger charge is -2.35. The lowest BCUT2D eigenvalue weighted by atomic mass is 9.91. The summed E-state index contributed by atoms with van der Waals surface area (Å²) < 4.78 is 0. The van der Waals surface area contributed by atoms with Crippen LogP contribution in [0.1, 0.15) is 25.8 Å². The molecule has 94 valence electrons. The van der Waals surface area contributed by atoms with Crippen LogP contribution in [0.5, 0.6) is 0 Å². The molecule has 1 aromatic rings. The third-order valence-electron chi connectivity index (χ3n) is 3.42. The molecule has 3 heteroatoms. The second kappa shape index (κ2) is 5.28. The van der Waals surface area contributed by atoms with E-state index in [9.17, 15) is 0 Å². The van der Waals surface area contributed by atoms with Gasteiger partial charge in [0.15, 0.2) is 0 Å². The van der Waals surface area contributed by atoms with Crippen LogP contribution in [0.3, 0.4) is 0 Å². The lowest BCUT2D eigenvalue weighted by molar-refractivity contribution is 0.134. The van der Waals surface area contributed by atoms with Gasteiger partial charge < -0.3 is 5.73 Å². The minimum Gasteiger partial charge on any atom is -0.399 e. The lowest BCUT2D eigenvalue weighted by Crippen LogP contribution is -2.38. The number of nitrogen functional groups attached to an aromatic ring is 1. The molecular formula is C14H21ClN2. The Bertz CT molecular complexity index is 382. The first kappa shape index (κ1) is 12.7. The third kappa shape index (κ3) is 3.36. The summed E-state index contributed by atoms with van der Waals surface area (Å²) in [7, 11) is 0. The van der Waals surface area contributed by atoms with Gasteiger partial charge in [0.05, 0.1) is 0 Å². The van der Waals surface area contributed by atoms with Crippen LogP contribution in [-0.2, 0) is 6.54 Å². The van der Waals surface area contributed by atoms with E-state index in [0.29, 0.717) is 0 Å². The van der Waals surface area contributed by atoms with Gasteiger partial charge in [-0.15, -0.1) is 0 Å². The number of halogens is 1. The predicted molar refractivity (Wildman–Crippen MR) is 74.1 cm³/mol. The number of rotatable bonds is 2. The Morgan fingerprint density at radius 3 is 2.53 bits per heavy atom. The molecule has 2 N–H and O–H groups in total. The number of nitrogens with zero attached hydrogens (tertiary/aromatic N) is 1. The molecule has 17 heavy (non-hydrogen) atoms. The van der Waals surface area contributed by atoms with E-state index in [1.54, 1.807) is 0 Å². The van der Waals surface area contributed by atoms with Crippen molar-refractivity contribution in [1.82, 2.24) is 4.90 Å². The maximum atomic E-state index is 6.21. The van der Waals surface area contributed by atoms with Crippen molar-refractivity contribution in [2.75, 3.05) is 18.8 Å². The van der Waals surface area contributed by atoms with Gasteiger partial charge in [-0.1, -0.05) is 31.5 Å². The molecule has 1 saturated heterocycles. The fourth-order valence-corrected chi connectivity index (χ4v) is 3.10. The van der Waals surface area contributed by atoms with Crippen molar-refractivity contribution in [3.63, 3.8) is 0 Å². The largest absolute Gasteiger partial charge is 0.399 e. The molecule has 1 fully saturated rings. The van der Waals surface area contributed by atoms with E-state index in [0.717, 1.165) is 29.1 Å². The smallest absolute Gasteiger partial charge is 0.0471 e. The predicted octanol–water partition coefficient (Wildman–Crippen LogP) is 3.40. The topological polar surface area (TPSA) is 29.3 Å². The van der Waals surface area contributed by atoms with E-state index in [1.165, 1.54) is 25.1 Å². The number of hydrogen-bond acceptors (Lipinski definition) is 2. The Kier molecular flexibility index (Phi) is 3.95. The Hall–Kier alpha value is -0.730. The maximum Gasteiger partial charge on any atom is 0.0471 e. The zero-order chi connectivity index (χ0) is 12.4. The van der Waals surface area contributed by atoms with Gasteiger partial charge in [0, 0.05) is 30.3 Å². The SMILES string of the molecule is C[C@@H]1C[C@H](C)CN(Cc2ccc(N)cc2Cl)C1. The Morgan fingerprint density at radius 1 is 1.29 bits per heavy atom. The van der Waals surface area contributed by atoms with Gasteiger partial charge in [0.2, 0.25) is 0 Å². The minimum atomic E-state index is 0.735. The normalized spacial score (nSPS) is 26.1. The van der Waals surface area contributed by atoms with E-state index in [2.05, 4.69) is 18.7 Å². The number of hydrogen-bond donors (Lipinski definition) is 1. The Balaban J connectivity index is 2.04. The molecule has 0 radical (unpaired) electrons. The highest BCUT2D eigenvalue weighted by Crippen LogP contribution is 2.25. The summed E-state index contributed by atoms with van der Waals surface area (Å²) in [5, 5.41) is 0.788. The van der Waals surface area contributed by atoms with Crippen molar-refractivity contribution < 1.29 is 0 Å². The second-order valence-corrected chi connectivity index (χ2v) is 5.90. The van der Waals surface area contributed by atoms with Gasteiger partial charge in [0.25, 0.3) is 0 Å². The Morgan fingerprint density at radius 2 is 1.94 bits per heavy atom. The summed E-state index contributed by atoms with van der Waals surface area (Å²) in [6.07, 6.45) is 1.34.